The van der Waals surface area contributed by atoms with Crippen LogP contribution < -0.4 is 5.32 Å². The molecule has 2 aliphatic heterocycles. The number of rotatable bonds is 1. The molecule has 0 unspecified atom stereocenters. The molecular weight excluding hydrogens is 174 g/mol. The second-order valence-electron chi connectivity index (χ2n) is 3.49. The zero-order valence-corrected chi connectivity index (χ0v) is 7.40. The van der Waals surface area contributed by atoms with Gasteiger partial charge < -0.3 is 19.9 Å². The molecule has 2 heterocycles. The van der Waals surface area contributed by atoms with Crippen LogP contribution in [0.1, 0.15) is 13.3 Å². The summed E-state index contributed by atoms with van der Waals surface area (Å²) in [7, 11) is 0. The molecule has 2 aliphatic rings. The normalized spacial score (nSPS) is 43.2. The van der Waals surface area contributed by atoms with E-state index in [9.17, 15) is 9.90 Å². The molecule has 0 aromatic carbocycles. The summed E-state index contributed by atoms with van der Waals surface area (Å²) in [6.07, 6.45) is -0.613. The predicted molar refractivity (Wildman–Crippen MR) is 42.8 cm³/mol. The smallest absolute Gasteiger partial charge is 0.217 e. The number of ether oxygens (including phenoxy) is 2. The summed E-state index contributed by atoms with van der Waals surface area (Å²) in [6, 6.07) is -0.216. The monoisotopic (exact) mass is 187 g/mol. The highest BCUT2D eigenvalue weighted by Crippen LogP contribution is 2.27. The standard InChI is InChI=1S/C8H13NO4/c1-4(10)9-5-2-6(11)7-3-12-8(5)13-7/h5-8,11H,2-3H2,1H3,(H,9,10)/t5-,6+,7-,8-/m1/s1. The van der Waals surface area contributed by atoms with E-state index in [-0.39, 0.29) is 24.3 Å². The zero-order chi connectivity index (χ0) is 9.42. The lowest BCUT2D eigenvalue weighted by molar-refractivity contribution is -0.146. The van der Waals surface area contributed by atoms with E-state index in [1.165, 1.54) is 6.92 Å². The van der Waals surface area contributed by atoms with Crippen molar-refractivity contribution in [2.75, 3.05) is 6.61 Å². The first kappa shape index (κ1) is 8.93. The molecule has 1 amide bonds. The van der Waals surface area contributed by atoms with Gasteiger partial charge in [0.2, 0.25) is 5.91 Å². The molecule has 0 radical (unpaired) electrons. The lowest BCUT2D eigenvalue weighted by atomic mass is 10.0. The molecule has 2 bridgehead atoms. The Morgan fingerprint density at radius 3 is 3.08 bits per heavy atom. The van der Waals surface area contributed by atoms with Crippen LogP contribution in [0, 0.1) is 0 Å². The summed E-state index contributed by atoms with van der Waals surface area (Å²) < 4.78 is 10.6. The first-order valence-electron chi connectivity index (χ1n) is 4.39. The van der Waals surface area contributed by atoms with Gasteiger partial charge in [-0.1, -0.05) is 0 Å². The molecule has 2 N–H and O–H groups in total. The van der Waals surface area contributed by atoms with Gasteiger partial charge in [0.1, 0.15) is 6.10 Å². The van der Waals surface area contributed by atoms with Crippen LogP contribution in [0.15, 0.2) is 0 Å². The van der Waals surface area contributed by atoms with Crippen LogP contribution in [0.4, 0.5) is 0 Å². The summed E-state index contributed by atoms with van der Waals surface area (Å²) in [4.78, 5) is 10.8. The van der Waals surface area contributed by atoms with E-state index >= 15 is 0 Å². The van der Waals surface area contributed by atoms with Gasteiger partial charge in [0.15, 0.2) is 6.29 Å². The second-order valence-corrected chi connectivity index (χ2v) is 3.49. The molecule has 74 valence electrons. The minimum absolute atomic E-state index is 0.130. The van der Waals surface area contributed by atoms with Crippen LogP contribution in [0.5, 0.6) is 0 Å². The van der Waals surface area contributed by atoms with E-state index in [4.69, 9.17) is 9.47 Å². The lowest BCUT2D eigenvalue weighted by Gasteiger charge is -2.30. The topological polar surface area (TPSA) is 67.8 Å². The van der Waals surface area contributed by atoms with Gasteiger partial charge in [-0.3, -0.25) is 4.79 Å². The van der Waals surface area contributed by atoms with Crippen LogP contribution in [0.25, 0.3) is 0 Å². The van der Waals surface area contributed by atoms with Gasteiger partial charge >= 0.3 is 0 Å². The lowest BCUT2D eigenvalue weighted by Crippen LogP contribution is -2.50. The first-order chi connectivity index (χ1) is 6.16. The quantitative estimate of drug-likeness (QED) is 0.552. The van der Waals surface area contributed by atoms with Gasteiger partial charge in [-0.15, -0.1) is 0 Å². The highest BCUT2D eigenvalue weighted by atomic mass is 16.7. The largest absolute Gasteiger partial charge is 0.390 e. The molecule has 5 heteroatoms. The van der Waals surface area contributed by atoms with Crippen molar-refractivity contribution in [3.05, 3.63) is 0 Å². The van der Waals surface area contributed by atoms with Gasteiger partial charge in [0, 0.05) is 13.3 Å². The van der Waals surface area contributed by atoms with Gasteiger partial charge in [-0.25, -0.2) is 0 Å². The van der Waals surface area contributed by atoms with Crippen molar-refractivity contribution in [2.24, 2.45) is 0 Å². The number of carbonyl (C=O) groups excluding carboxylic acids is 1. The molecule has 13 heavy (non-hydrogen) atoms. The molecule has 4 atom stereocenters. The van der Waals surface area contributed by atoms with Gasteiger partial charge in [0.25, 0.3) is 0 Å². The van der Waals surface area contributed by atoms with E-state index in [0.29, 0.717) is 13.0 Å². The molecule has 5 nitrogen and oxygen atoms in total. The van der Waals surface area contributed by atoms with E-state index in [0.717, 1.165) is 0 Å². The summed E-state index contributed by atoms with van der Waals surface area (Å²) in [5, 5.41) is 12.2. The minimum atomic E-state index is -0.532. The fourth-order valence-corrected chi connectivity index (χ4v) is 1.76. The molecule has 0 aromatic heterocycles. The first-order valence-corrected chi connectivity index (χ1v) is 4.39. The summed E-state index contributed by atoms with van der Waals surface area (Å²) >= 11 is 0. The van der Waals surface area contributed by atoms with Crippen LogP contribution in [0.2, 0.25) is 0 Å². The van der Waals surface area contributed by atoms with Crippen molar-refractivity contribution in [1.29, 1.82) is 0 Å². The number of fused-ring (bicyclic) bond motifs is 2. The van der Waals surface area contributed by atoms with Crippen molar-refractivity contribution in [3.63, 3.8) is 0 Å². The average molecular weight is 187 g/mol. The number of aliphatic hydroxyl groups is 1. The zero-order valence-electron chi connectivity index (χ0n) is 7.40. The van der Waals surface area contributed by atoms with Crippen molar-refractivity contribution >= 4 is 5.91 Å². The van der Waals surface area contributed by atoms with Crippen molar-refractivity contribution in [3.8, 4) is 0 Å². The second kappa shape index (κ2) is 3.25. The number of aliphatic hydroxyl groups excluding tert-OH is 1. The molecule has 0 aliphatic carbocycles. The number of amides is 1. The summed E-state index contributed by atoms with van der Waals surface area (Å²) in [6.45, 7) is 1.86. The molecule has 0 aromatic rings. The third kappa shape index (κ3) is 1.67. The fraction of sp³-hybridized carbons (Fsp3) is 0.875. The Bertz CT molecular complexity index is 220. The Morgan fingerprint density at radius 2 is 2.38 bits per heavy atom. The van der Waals surface area contributed by atoms with Gasteiger partial charge in [0.05, 0.1) is 18.8 Å². The fourth-order valence-electron chi connectivity index (χ4n) is 1.76. The average Bonchev–Trinajstić information content (AvgIpc) is 2.44. The van der Waals surface area contributed by atoms with E-state index in [1.807, 2.05) is 0 Å². The minimum Gasteiger partial charge on any atom is -0.390 e. The van der Waals surface area contributed by atoms with Gasteiger partial charge in [-0.05, 0) is 0 Å². The highest BCUT2D eigenvalue weighted by molar-refractivity contribution is 5.73. The number of hydrogen-bond acceptors (Lipinski definition) is 4. The Balaban J connectivity index is 2.00. The van der Waals surface area contributed by atoms with Crippen LogP contribution in [0.3, 0.4) is 0 Å². The van der Waals surface area contributed by atoms with Crippen molar-refractivity contribution < 1.29 is 19.4 Å². The molecular formula is C8H13NO4. The Labute approximate surface area is 76.0 Å². The number of nitrogens with one attached hydrogen (secondary N) is 1. The van der Waals surface area contributed by atoms with Crippen LogP contribution >= 0.6 is 0 Å². The number of carbonyl (C=O) groups is 1. The molecule has 2 fully saturated rings. The summed E-state index contributed by atoms with van der Waals surface area (Å²) in [5.41, 5.74) is 0. The third-order valence-electron chi connectivity index (χ3n) is 2.38. The Hall–Kier alpha value is -0.650. The maximum Gasteiger partial charge on any atom is 0.217 e. The molecule has 0 spiro atoms. The van der Waals surface area contributed by atoms with Crippen LogP contribution in [-0.2, 0) is 14.3 Å². The summed E-state index contributed by atoms with van der Waals surface area (Å²) in [5.74, 6) is -0.130. The molecule has 0 saturated carbocycles. The Morgan fingerprint density at radius 1 is 1.62 bits per heavy atom. The Kier molecular flexibility index (Phi) is 2.23. The SMILES string of the molecule is CC(=O)N[C@@H]1C[C@H](O)[C@H]2CO[C@@H]1O2. The molecule has 2 saturated heterocycles. The van der Waals surface area contributed by atoms with E-state index in [2.05, 4.69) is 5.32 Å². The van der Waals surface area contributed by atoms with Gasteiger partial charge in [-0.2, -0.15) is 0 Å². The van der Waals surface area contributed by atoms with E-state index < -0.39 is 6.10 Å². The predicted octanol–water partition coefficient (Wildman–Crippen LogP) is -1.00. The maximum absolute atomic E-state index is 10.8. The van der Waals surface area contributed by atoms with Crippen molar-refractivity contribution in [2.45, 2.75) is 37.9 Å². The van der Waals surface area contributed by atoms with E-state index in [1.54, 1.807) is 0 Å². The molecule has 2 rings (SSSR count). The van der Waals surface area contributed by atoms with Crippen molar-refractivity contribution in [1.82, 2.24) is 5.32 Å². The maximum atomic E-state index is 10.8. The number of hydrogen-bond donors (Lipinski definition) is 2. The third-order valence-corrected chi connectivity index (χ3v) is 2.38. The van der Waals surface area contributed by atoms with Crippen LogP contribution in [-0.4, -0.2) is 42.2 Å². The highest BCUT2D eigenvalue weighted by Gasteiger charge is 2.43.